The Balaban J connectivity index is 2.01. The largest absolute Gasteiger partial charge is 0.285 e. The van der Waals surface area contributed by atoms with Crippen LogP contribution in [-0.2, 0) is 0 Å². The van der Waals surface area contributed by atoms with Crippen molar-refractivity contribution in [1.82, 2.24) is 10.4 Å². The number of hydrogen-bond acceptors (Lipinski definition) is 2. The monoisotopic (exact) mass is 300 g/mol. The third-order valence-electron chi connectivity index (χ3n) is 2.80. The average molecular weight is 301 g/mol. The molecule has 1 fully saturated rings. The van der Waals surface area contributed by atoms with E-state index in [4.69, 9.17) is 0 Å². The number of piperidine rings is 1. The first kappa shape index (κ1) is 12.5. The second-order valence-electron chi connectivity index (χ2n) is 4.12. The van der Waals surface area contributed by atoms with Gasteiger partial charge in [0.05, 0.1) is 4.47 Å². The Morgan fingerprint density at radius 2 is 2.00 bits per heavy atom. The van der Waals surface area contributed by atoms with E-state index in [2.05, 4.69) is 21.4 Å². The standard InChI is InChI=1S/C12H14BrFN2O/c13-10-8-9(4-5-11(10)14)12(17)15-16-6-2-1-3-7-16/h4-5,8H,1-3,6-7H2,(H,15,17). The van der Waals surface area contributed by atoms with Crippen molar-refractivity contribution in [2.75, 3.05) is 13.1 Å². The van der Waals surface area contributed by atoms with Crippen molar-refractivity contribution < 1.29 is 9.18 Å². The summed E-state index contributed by atoms with van der Waals surface area (Å²) in [5, 5.41) is 1.92. The van der Waals surface area contributed by atoms with Gasteiger partial charge in [0.25, 0.3) is 5.91 Å². The molecule has 1 aromatic rings. The highest BCUT2D eigenvalue weighted by Gasteiger charge is 2.14. The molecule has 0 saturated carbocycles. The van der Waals surface area contributed by atoms with Crippen LogP contribution in [0.15, 0.2) is 22.7 Å². The Morgan fingerprint density at radius 1 is 1.29 bits per heavy atom. The molecule has 1 amide bonds. The summed E-state index contributed by atoms with van der Waals surface area (Å²) in [6.07, 6.45) is 3.43. The van der Waals surface area contributed by atoms with E-state index in [1.54, 1.807) is 0 Å². The number of rotatable bonds is 2. The summed E-state index contributed by atoms with van der Waals surface area (Å²) in [6.45, 7) is 1.77. The van der Waals surface area contributed by atoms with E-state index in [9.17, 15) is 9.18 Å². The van der Waals surface area contributed by atoms with Crippen molar-refractivity contribution in [3.8, 4) is 0 Å². The molecule has 0 radical (unpaired) electrons. The Bertz CT molecular complexity index is 419. The first-order valence-corrected chi connectivity index (χ1v) is 6.47. The number of hydrogen-bond donors (Lipinski definition) is 1. The predicted octanol–water partition coefficient (Wildman–Crippen LogP) is 2.72. The van der Waals surface area contributed by atoms with Crippen LogP contribution in [0, 0.1) is 5.82 Å². The summed E-state index contributed by atoms with van der Waals surface area (Å²) in [6, 6.07) is 4.27. The Labute approximate surface area is 108 Å². The SMILES string of the molecule is O=C(NN1CCCCC1)c1ccc(F)c(Br)c1. The molecule has 1 aliphatic heterocycles. The Morgan fingerprint density at radius 3 is 2.65 bits per heavy atom. The van der Waals surface area contributed by atoms with Gasteiger partial charge in [-0.2, -0.15) is 0 Å². The second-order valence-corrected chi connectivity index (χ2v) is 4.97. The molecule has 1 saturated heterocycles. The molecule has 0 unspecified atom stereocenters. The Hall–Kier alpha value is -0.940. The number of nitrogens with zero attached hydrogens (tertiary/aromatic N) is 1. The van der Waals surface area contributed by atoms with Gasteiger partial charge in [0, 0.05) is 18.7 Å². The molecule has 0 spiro atoms. The molecule has 0 bridgehead atoms. The molecule has 1 N–H and O–H groups in total. The molecule has 1 heterocycles. The molecule has 1 aliphatic rings. The van der Waals surface area contributed by atoms with Crippen molar-refractivity contribution >= 4 is 21.8 Å². The predicted molar refractivity (Wildman–Crippen MR) is 67.0 cm³/mol. The zero-order valence-electron chi connectivity index (χ0n) is 9.38. The highest BCUT2D eigenvalue weighted by Crippen LogP contribution is 2.17. The summed E-state index contributed by atoms with van der Waals surface area (Å²) in [7, 11) is 0. The fraction of sp³-hybridized carbons (Fsp3) is 0.417. The fourth-order valence-electron chi connectivity index (χ4n) is 1.85. The minimum atomic E-state index is -0.362. The van der Waals surface area contributed by atoms with E-state index in [1.165, 1.54) is 24.6 Å². The normalized spacial score (nSPS) is 16.8. The van der Waals surface area contributed by atoms with Gasteiger partial charge in [-0.25, -0.2) is 9.40 Å². The van der Waals surface area contributed by atoms with Crippen molar-refractivity contribution in [3.63, 3.8) is 0 Å². The summed E-state index contributed by atoms with van der Waals surface area (Å²) in [5.74, 6) is -0.549. The average Bonchev–Trinajstić information content (AvgIpc) is 2.34. The van der Waals surface area contributed by atoms with Gasteiger partial charge < -0.3 is 0 Å². The first-order chi connectivity index (χ1) is 8.16. The second kappa shape index (κ2) is 5.60. The van der Waals surface area contributed by atoms with E-state index < -0.39 is 0 Å². The number of hydrazine groups is 1. The van der Waals surface area contributed by atoms with Gasteiger partial charge in [-0.1, -0.05) is 6.42 Å². The molecule has 0 aromatic heterocycles. The van der Waals surface area contributed by atoms with Gasteiger partial charge in [-0.15, -0.1) is 0 Å². The van der Waals surface area contributed by atoms with E-state index in [1.807, 2.05) is 5.01 Å². The zero-order chi connectivity index (χ0) is 12.3. The van der Waals surface area contributed by atoms with Crippen LogP contribution in [-0.4, -0.2) is 24.0 Å². The molecular formula is C12H14BrFN2O. The molecule has 5 heteroatoms. The van der Waals surface area contributed by atoms with Crippen molar-refractivity contribution in [1.29, 1.82) is 0 Å². The lowest BCUT2D eigenvalue weighted by Crippen LogP contribution is -2.45. The van der Waals surface area contributed by atoms with Crippen LogP contribution < -0.4 is 5.43 Å². The van der Waals surface area contributed by atoms with Crippen LogP contribution in [0.2, 0.25) is 0 Å². The maximum atomic E-state index is 13.0. The summed E-state index contributed by atoms with van der Waals surface area (Å²) >= 11 is 3.07. The molecule has 17 heavy (non-hydrogen) atoms. The molecule has 0 atom stereocenters. The Kier molecular flexibility index (Phi) is 4.12. The summed E-state index contributed by atoms with van der Waals surface area (Å²) in [4.78, 5) is 11.9. The van der Waals surface area contributed by atoms with Gasteiger partial charge in [0.1, 0.15) is 5.82 Å². The molecule has 1 aromatic carbocycles. The first-order valence-electron chi connectivity index (χ1n) is 5.68. The highest BCUT2D eigenvalue weighted by molar-refractivity contribution is 9.10. The maximum absolute atomic E-state index is 13.0. The minimum absolute atomic E-state index is 0.187. The van der Waals surface area contributed by atoms with Crippen LogP contribution in [0.4, 0.5) is 4.39 Å². The van der Waals surface area contributed by atoms with Gasteiger partial charge in [0.2, 0.25) is 0 Å². The molecule has 92 valence electrons. The van der Waals surface area contributed by atoms with Gasteiger partial charge >= 0.3 is 0 Å². The number of carbonyl (C=O) groups is 1. The molecule has 2 rings (SSSR count). The van der Waals surface area contributed by atoms with E-state index in [0.717, 1.165) is 25.9 Å². The van der Waals surface area contributed by atoms with Crippen LogP contribution >= 0.6 is 15.9 Å². The van der Waals surface area contributed by atoms with E-state index >= 15 is 0 Å². The lowest BCUT2D eigenvalue weighted by molar-refractivity contribution is 0.0750. The zero-order valence-corrected chi connectivity index (χ0v) is 11.0. The van der Waals surface area contributed by atoms with Crippen LogP contribution in [0.1, 0.15) is 29.6 Å². The molecule has 0 aliphatic carbocycles. The van der Waals surface area contributed by atoms with Gasteiger partial charge in [0.15, 0.2) is 0 Å². The molecular weight excluding hydrogens is 287 g/mol. The lowest BCUT2D eigenvalue weighted by atomic mass is 10.1. The third kappa shape index (κ3) is 3.26. The number of amides is 1. The number of carbonyl (C=O) groups excluding carboxylic acids is 1. The number of benzene rings is 1. The van der Waals surface area contributed by atoms with Gasteiger partial charge in [-0.05, 0) is 47.0 Å². The third-order valence-corrected chi connectivity index (χ3v) is 3.41. The fourth-order valence-corrected chi connectivity index (χ4v) is 2.23. The maximum Gasteiger partial charge on any atom is 0.265 e. The summed E-state index contributed by atoms with van der Waals surface area (Å²) < 4.78 is 13.3. The van der Waals surface area contributed by atoms with Crippen molar-refractivity contribution in [2.45, 2.75) is 19.3 Å². The van der Waals surface area contributed by atoms with Crippen molar-refractivity contribution in [2.24, 2.45) is 0 Å². The van der Waals surface area contributed by atoms with Crippen LogP contribution in [0.3, 0.4) is 0 Å². The van der Waals surface area contributed by atoms with Crippen LogP contribution in [0.5, 0.6) is 0 Å². The molecule has 3 nitrogen and oxygen atoms in total. The lowest BCUT2D eigenvalue weighted by Gasteiger charge is -2.26. The smallest absolute Gasteiger partial charge is 0.265 e. The minimum Gasteiger partial charge on any atom is -0.285 e. The van der Waals surface area contributed by atoms with Gasteiger partial charge in [-0.3, -0.25) is 10.2 Å². The number of halogens is 2. The van der Waals surface area contributed by atoms with Crippen molar-refractivity contribution in [3.05, 3.63) is 34.1 Å². The van der Waals surface area contributed by atoms with E-state index in [-0.39, 0.29) is 11.7 Å². The summed E-state index contributed by atoms with van der Waals surface area (Å²) in [5.41, 5.74) is 3.29. The highest BCUT2D eigenvalue weighted by atomic mass is 79.9. The van der Waals surface area contributed by atoms with Crippen LogP contribution in [0.25, 0.3) is 0 Å². The quantitative estimate of drug-likeness (QED) is 0.911. The topological polar surface area (TPSA) is 32.3 Å². The van der Waals surface area contributed by atoms with E-state index in [0.29, 0.717) is 10.0 Å². The number of nitrogens with one attached hydrogen (secondary N) is 1.